The van der Waals surface area contributed by atoms with E-state index in [0.717, 1.165) is 25.7 Å². The Bertz CT molecular complexity index is 247. The molecule has 4 nitrogen and oxygen atoms in total. The topological polar surface area (TPSA) is 52.6 Å². The molecule has 0 amide bonds. The summed E-state index contributed by atoms with van der Waals surface area (Å²) in [6, 6.07) is 0. The summed E-state index contributed by atoms with van der Waals surface area (Å²) in [5.74, 6) is 0.446. The van der Waals surface area contributed by atoms with Crippen molar-refractivity contribution in [3.63, 3.8) is 0 Å². The highest BCUT2D eigenvalue weighted by Gasteiger charge is 2.23. The van der Waals surface area contributed by atoms with Crippen molar-refractivity contribution >= 4 is 10.1 Å². The van der Waals surface area contributed by atoms with Crippen molar-refractivity contribution in [1.82, 2.24) is 0 Å². The lowest BCUT2D eigenvalue weighted by Crippen LogP contribution is -2.15. The van der Waals surface area contributed by atoms with Gasteiger partial charge >= 0.3 is 0 Å². The standard InChI is InChI=1S/C8H16O4S/c1-7-8(3-5-11-7)4-6-12-13(2,9)10/h7-8H,3-6H2,1-2H3. The van der Waals surface area contributed by atoms with Crippen LogP contribution in [0.4, 0.5) is 0 Å². The molecule has 0 bridgehead atoms. The molecule has 2 unspecified atom stereocenters. The predicted molar refractivity (Wildman–Crippen MR) is 48.9 cm³/mol. The van der Waals surface area contributed by atoms with Gasteiger partial charge in [-0.2, -0.15) is 8.42 Å². The second-order valence-electron chi connectivity index (χ2n) is 3.44. The van der Waals surface area contributed by atoms with Crippen molar-refractivity contribution in [2.24, 2.45) is 5.92 Å². The Balaban J connectivity index is 2.19. The minimum Gasteiger partial charge on any atom is -0.378 e. The van der Waals surface area contributed by atoms with E-state index in [0.29, 0.717) is 5.92 Å². The lowest BCUT2D eigenvalue weighted by molar-refractivity contribution is 0.0996. The zero-order valence-corrected chi connectivity index (χ0v) is 8.84. The molecule has 0 aromatic heterocycles. The van der Waals surface area contributed by atoms with Crippen LogP contribution in [0.25, 0.3) is 0 Å². The van der Waals surface area contributed by atoms with Gasteiger partial charge < -0.3 is 4.74 Å². The highest BCUT2D eigenvalue weighted by molar-refractivity contribution is 7.85. The van der Waals surface area contributed by atoms with E-state index in [1.165, 1.54) is 0 Å². The van der Waals surface area contributed by atoms with Crippen molar-refractivity contribution in [2.45, 2.75) is 25.9 Å². The van der Waals surface area contributed by atoms with Gasteiger partial charge in [0.1, 0.15) is 0 Å². The van der Waals surface area contributed by atoms with E-state index in [1.807, 2.05) is 6.92 Å². The molecule has 1 heterocycles. The normalized spacial score (nSPS) is 29.4. The van der Waals surface area contributed by atoms with Crippen molar-refractivity contribution in [2.75, 3.05) is 19.5 Å². The summed E-state index contributed by atoms with van der Waals surface area (Å²) in [6.07, 6.45) is 3.08. The van der Waals surface area contributed by atoms with Crippen molar-refractivity contribution in [3.8, 4) is 0 Å². The van der Waals surface area contributed by atoms with Crippen LogP contribution in [0, 0.1) is 5.92 Å². The molecule has 0 aromatic rings. The summed E-state index contributed by atoms with van der Waals surface area (Å²) in [4.78, 5) is 0. The van der Waals surface area contributed by atoms with E-state index in [1.54, 1.807) is 0 Å². The zero-order valence-electron chi connectivity index (χ0n) is 8.02. The van der Waals surface area contributed by atoms with Gasteiger partial charge in [-0.3, -0.25) is 4.18 Å². The molecule has 2 atom stereocenters. The van der Waals surface area contributed by atoms with E-state index in [9.17, 15) is 8.42 Å². The Morgan fingerprint density at radius 3 is 2.69 bits per heavy atom. The van der Waals surface area contributed by atoms with E-state index < -0.39 is 10.1 Å². The van der Waals surface area contributed by atoms with E-state index in [-0.39, 0.29) is 12.7 Å². The number of hydrogen-bond donors (Lipinski definition) is 0. The molecule has 1 rings (SSSR count). The summed E-state index contributed by atoms with van der Waals surface area (Å²) < 4.78 is 31.3. The first kappa shape index (κ1) is 10.9. The third-order valence-corrected chi connectivity index (χ3v) is 2.91. The van der Waals surface area contributed by atoms with Gasteiger partial charge in [-0.15, -0.1) is 0 Å². The molecule has 78 valence electrons. The summed E-state index contributed by atoms with van der Waals surface area (Å²) in [5, 5.41) is 0. The van der Waals surface area contributed by atoms with Crippen LogP contribution in [-0.2, 0) is 19.0 Å². The summed E-state index contributed by atoms with van der Waals surface area (Å²) >= 11 is 0. The SMILES string of the molecule is CC1OCCC1CCOS(C)(=O)=O. The smallest absolute Gasteiger partial charge is 0.264 e. The van der Waals surface area contributed by atoms with Crippen LogP contribution in [-0.4, -0.2) is 34.0 Å². The van der Waals surface area contributed by atoms with Gasteiger partial charge in [0.2, 0.25) is 0 Å². The number of rotatable bonds is 4. The first-order valence-corrected chi connectivity index (χ1v) is 6.26. The molecule has 1 aliphatic heterocycles. The molecule has 13 heavy (non-hydrogen) atoms. The minimum atomic E-state index is -3.27. The van der Waals surface area contributed by atoms with Crippen LogP contribution in [0.1, 0.15) is 19.8 Å². The Labute approximate surface area is 79.3 Å². The van der Waals surface area contributed by atoms with Gasteiger partial charge in [0.15, 0.2) is 0 Å². The molecule has 1 fully saturated rings. The molecule has 0 aromatic carbocycles. The third-order valence-electron chi connectivity index (χ3n) is 2.32. The average molecular weight is 208 g/mol. The lowest BCUT2D eigenvalue weighted by atomic mass is 10.00. The van der Waals surface area contributed by atoms with Gasteiger partial charge in [-0.25, -0.2) is 0 Å². The van der Waals surface area contributed by atoms with Crippen molar-refractivity contribution in [1.29, 1.82) is 0 Å². The zero-order chi connectivity index (χ0) is 9.90. The Morgan fingerprint density at radius 2 is 2.23 bits per heavy atom. The molecule has 0 spiro atoms. The molecular formula is C8H16O4S. The quantitative estimate of drug-likeness (QED) is 0.641. The Hall–Kier alpha value is -0.130. The van der Waals surface area contributed by atoms with Crippen LogP contribution >= 0.6 is 0 Å². The van der Waals surface area contributed by atoms with Crippen molar-refractivity contribution < 1.29 is 17.3 Å². The molecular weight excluding hydrogens is 192 g/mol. The van der Waals surface area contributed by atoms with Crippen LogP contribution in [0.15, 0.2) is 0 Å². The Morgan fingerprint density at radius 1 is 1.54 bits per heavy atom. The van der Waals surface area contributed by atoms with Crippen LogP contribution in [0.3, 0.4) is 0 Å². The first-order chi connectivity index (χ1) is 5.99. The second kappa shape index (κ2) is 4.39. The van der Waals surface area contributed by atoms with E-state index in [2.05, 4.69) is 4.18 Å². The number of hydrogen-bond acceptors (Lipinski definition) is 4. The highest BCUT2D eigenvalue weighted by Crippen LogP contribution is 2.23. The van der Waals surface area contributed by atoms with Crippen LogP contribution < -0.4 is 0 Å². The van der Waals surface area contributed by atoms with Crippen molar-refractivity contribution in [3.05, 3.63) is 0 Å². The fourth-order valence-electron chi connectivity index (χ4n) is 1.51. The molecule has 0 radical (unpaired) electrons. The fourth-order valence-corrected chi connectivity index (χ4v) is 1.90. The monoisotopic (exact) mass is 208 g/mol. The van der Waals surface area contributed by atoms with E-state index >= 15 is 0 Å². The summed E-state index contributed by atoms with van der Waals surface area (Å²) in [5.41, 5.74) is 0. The largest absolute Gasteiger partial charge is 0.378 e. The summed E-state index contributed by atoms with van der Waals surface area (Å²) in [7, 11) is -3.27. The fraction of sp³-hybridized carbons (Fsp3) is 1.00. The predicted octanol–water partition coefficient (Wildman–Crippen LogP) is 0.778. The molecule has 5 heteroatoms. The molecule has 1 saturated heterocycles. The maximum atomic E-state index is 10.6. The minimum absolute atomic E-state index is 0.239. The second-order valence-corrected chi connectivity index (χ2v) is 5.08. The van der Waals surface area contributed by atoms with Gasteiger partial charge in [-0.1, -0.05) is 0 Å². The highest BCUT2D eigenvalue weighted by atomic mass is 32.2. The maximum Gasteiger partial charge on any atom is 0.264 e. The van der Waals surface area contributed by atoms with Gasteiger partial charge in [0.25, 0.3) is 10.1 Å². The number of ether oxygens (including phenoxy) is 1. The third kappa shape index (κ3) is 4.06. The van der Waals surface area contributed by atoms with Gasteiger partial charge in [0, 0.05) is 6.61 Å². The van der Waals surface area contributed by atoms with Gasteiger partial charge in [0.05, 0.1) is 19.0 Å². The first-order valence-electron chi connectivity index (χ1n) is 4.45. The molecule has 1 aliphatic rings. The van der Waals surface area contributed by atoms with Gasteiger partial charge in [-0.05, 0) is 25.7 Å². The average Bonchev–Trinajstić information content (AvgIpc) is 2.34. The van der Waals surface area contributed by atoms with Crippen LogP contribution in [0.2, 0.25) is 0 Å². The Kier molecular flexibility index (Phi) is 3.70. The molecule has 0 aliphatic carbocycles. The maximum absolute atomic E-state index is 10.6. The van der Waals surface area contributed by atoms with E-state index in [4.69, 9.17) is 4.74 Å². The molecule has 0 saturated carbocycles. The lowest BCUT2D eigenvalue weighted by Gasteiger charge is -2.12. The molecule has 0 N–H and O–H groups in total. The summed E-state index contributed by atoms with van der Waals surface area (Å²) in [6.45, 7) is 3.07. The van der Waals surface area contributed by atoms with Crippen LogP contribution in [0.5, 0.6) is 0 Å².